The van der Waals surface area contributed by atoms with E-state index in [1.54, 1.807) is 0 Å². The number of aliphatic hydroxyl groups excluding tert-OH is 2. The Morgan fingerprint density at radius 1 is 0.792 bits per heavy atom. The molecule has 2 atom stereocenters. The number of carbonyl (C=O) groups excluding carboxylic acids is 1. The summed E-state index contributed by atoms with van der Waals surface area (Å²) in [6, 6.07) is 0. The zero-order valence-electron chi connectivity index (χ0n) is 16.0. The second-order valence-electron chi connectivity index (χ2n) is 6.91. The molecule has 0 heterocycles. The van der Waals surface area contributed by atoms with Crippen LogP contribution < -0.4 is 0 Å². The molecule has 0 bridgehead atoms. The second kappa shape index (κ2) is 17.2. The summed E-state index contributed by atoms with van der Waals surface area (Å²) in [7, 11) is 0. The fourth-order valence-corrected chi connectivity index (χ4v) is 2.69. The molecule has 0 aliphatic rings. The van der Waals surface area contributed by atoms with Gasteiger partial charge in [0.2, 0.25) is 0 Å². The molecule has 24 heavy (non-hydrogen) atoms. The molecule has 0 radical (unpaired) electrons. The van der Waals surface area contributed by atoms with E-state index in [0.717, 1.165) is 51.4 Å². The highest BCUT2D eigenvalue weighted by Gasteiger charge is 2.07. The van der Waals surface area contributed by atoms with Crippen molar-refractivity contribution < 1.29 is 19.7 Å². The number of aliphatic hydroxyl groups is 2. The lowest BCUT2D eigenvalue weighted by atomic mass is 10.0. The van der Waals surface area contributed by atoms with Crippen LogP contribution in [-0.2, 0) is 9.53 Å². The van der Waals surface area contributed by atoms with E-state index in [-0.39, 0.29) is 18.7 Å². The number of unbranched alkanes of at least 4 members (excludes halogenated alkanes) is 8. The Balaban J connectivity index is 3.30. The third-order valence-electron chi connectivity index (χ3n) is 4.47. The third kappa shape index (κ3) is 16.3. The molecular weight excluding hydrogens is 304 g/mol. The van der Waals surface area contributed by atoms with Gasteiger partial charge in [-0.25, -0.2) is 0 Å². The highest BCUT2D eigenvalue weighted by atomic mass is 16.5. The van der Waals surface area contributed by atoms with Crippen LogP contribution in [-0.4, -0.2) is 35.0 Å². The Labute approximate surface area is 149 Å². The van der Waals surface area contributed by atoms with Crippen LogP contribution in [0.1, 0.15) is 104 Å². The van der Waals surface area contributed by atoms with Gasteiger partial charge < -0.3 is 14.9 Å². The smallest absolute Gasteiger partial charge is 0.305 e. The lowest BCUT2D eigenvalue weighted by Crippen LogP contribution is -2.17. The van der Waals surface area contributed by atoms with Crippen molar-refractivity contribution in [2.45, 2.75) is 116 Å². The maximum atomic E-state index is 11.4. The molecule has 0 aliphatic carbocycles. The third-order valence-corrected chi connectivity index (χ3v) is 4.47. The van der Waals surface area contributed by atoms with Crippen molar-refractivity contribution in [2.24, 2.45) is 0 Å². The number of rotatable bonds is 17. The van der Waals surface area contributed by atoms with E-state index >= 15 is 0 Å². The first-order valence-electron chi connectivity index (χ1n) is 10.1. The van der Waals surface area contributed by atoms with E-state index in [4.69, 9.17) is 4.74 Å². The van der Waals surface area contributed by atoms with Gasteiger partial charge in [-0.3, -0.25) is 4.79 Å². The lowest BCUT2D eigenvalue weighted by Gasteiger charge is -2.10. The Kier molecular flexibility index (Phi) is 16.8. The molecule has 0 saturated carbocycles. The fourth-order valence-electron chi connectivity index (χ4n) is 2.69. The molecular formula is C20H40O4. The molecule has 4 nitrogen and oxygen atoms in total. The van der Waals surface area contributed by atoms with E-state index in [9.17, 15) is 15.0 Å². The monoisotopic (exact) mass is 344 g/mol. The van der Waals surface area contributed by atoms with Gasteiger partial charge in [-0.1, -0.05) is 71.6 Å². The largest absolute Gasteiger partial charge is 0.463 e. The lowest BCUT2D eigenvalue weighted by molar-refractivity contribution is -0.146. The minimum absolute atomic E-state index is 0.117. The quantitative estimate of drug-likeness (QED) is 0.295. The summed E-state index contributed by atoms with van der Waals surface area (Å²) in [6.45, 7) is 4.20. The number of esters is 1. The molecule has 0 aliphatic heterocycles. The number of ether oxygens (including phenoxy) is 1. The van der Waals surface area contributed by atoms with Gasteiger partial charge >= 0.3 is 5.97 Å². The predicted molar refractivity (Wildman–Crippen MR) is 99.0 cm³/mol. The van der Waals surface area contributed by atoms with Gasteiger partial charge in [-0.2, -0.15) is 0 Å². The van der Waals surface area contributed by atoms with Gasteiger partial charge in [0.25, 0.3) is 0 Å². The van der Waals surface area contributed by atoms with Crippen LogP contribution in [0.25, 0.3) is 0 Å². The predicted octanol–water partition coefficient (Wildman–Crippen LogP) is 4.75. The van der Waals surface area contributed by atoms with Crippen LogP contribution in [0, 0.1) is 0 Å². The molecule has 0 aromatic heterocycles. The van der Waals surface area contributed by atoms with Crippen molar-refractivity contribution in [1.82, 2.24) is 0 Å². The molecule has 0 aromatic carbocycles. The molecule has 0 fully saturated rings. The van der Waals surface area contributed by atoms with Crippen molar-refractivity contribution in [3.05, 3.63) is 0 Å². The van der Waals surface area contributed by atoms with Gasteiger partial charge in [0.1, 0.15) is 6.61 Å². The minimum Gasteiger partial charge on any atom is -0.463 e. The van der Waals surface area contributed by atoms with Crippen LogP contribution in [0.5, 0.6) is 0 Å². The maximum Gasteiger partial charge on any atom is 0.305 e. The summed E-state index contributed by atoms with van der Waals surface area (Å²) in [5, 5.41) is 19.2. The zero-order chi connectivity index (χ0) is 18.0. The van der Waals surface area contributed by atoms with Gasteiger partial charge in [-0.15, -0.1) is 0 Å². The van der Waals surface area contributed by atoms with Crippen molar-refractivity contribution in [1.29, 1.82) is 0 Å². The van der Waals surface area contributed by atoms with Crippen molar-refractivity contribution in [3.8, 4) is 0 Å². The maximum absolute atomic E-state index is 11.4. The molecule has 0 rings (SSSR count). The molecule has 2 N–H and O–H groups in total. The van der Waals surface area contributed by atoms with Gasteiger partial charge in [0.15, 0.2) is 0 Å². The second-order valence-corrected chi connectivity index (χ2v) is 6.91. The minimum atomic E-state index is -0.535. The summed E-state index contributed by atoms with van der Waals surface area (Å²) < 4.78 is 4.99. The summed E-state index contributed by atoms with van der Waals surface area (Å²) in [6.07, 6.45) is 13.7. The van der Waals surface area contributed by atoms with E-state index in [2.05, 4.69) is 6.92 Å². The van der Waals surface area contributed by atoms with Crippen molar-refractivity contribution >= 4 is 5.97 Å². The van der Waals surface area contributed by atoms with E-state index < -0.39 is 6.10 Å². The average molecular weight is 345 g/mol. The Bertz CT molecular complexity index is 281. The summed E-state index contributed by atoms with van der Waals surface area (Å²) in [5.41, 5.74) is 0. The number of carbonyl (C=O) groups is 1. The first-order chi connectivity index (χ1) is 11.6. The topological polar surface area (TPSA) is 66.8 Å². The first-order valence-corrected chi connectivity index (χ1v) is 10.1. The highest BCUT2D eigenvalue weighted by molar-refractivity contribution is 5.69. The Morgan fingerprint density at radius 3 is 1.92 bits per heavy atom. The van der Waals surface area contributed by atoms with Crippen molar-refractivity contribution in [2.75, 3.05) is 6.61 Å². The normalized spacial score (nSPS) is 13.7. The van der Waals surface area contributed by atoms with E-state index in [1.807, 2.05) is 6.92 Å². The van der Waals surface area contributed by atoms with E-state index in [0.29, 0.717) is 12.8 Å². The standard InChI is InChI=1S/C20H40O4/c1-3-5-6-8-11-14-19(22)15-12-9-7-10-13-16-20(23)24-17-18(21)4-2/h18-19,21-22H,3-17H2,1-2H3. The fraction of sp³-hybridized carbons (Fsp3) is 0.950. The van der Waals surface area contributed by atoms with Crippen LogP contribution in [0.15, 0.2) is 0 Å². The first kappa shape index (κ1) is 23.4. The van der Waals surface area contributed by atoms with Crippen LogP contribution in [0.4, 0.5) is 0 Å². The molecule has 4 heteroatoms. The zero-order valence-corrected chi connectivity index (χ0v) is 16.0. The van der Waals surface area contributed by atoms with Crippen LogP contribution >= 0.6 is 0 Å². The summed E-state index contributed by atoms with van der Waals surface area (Å²) in [4.78, 5) is 11.4. The summed E-state index contributed by atoms with van der Waals surface area (Å²) >= 11 is 0. The molecule has 0 spiro atoms. The number of hydrogen-bond acceptors (Lipinski definition) is 4. The average Bonchev–Trinajstić information content (AvgIpc) is 2.58. The van der Waals surface area contributed by atoms with E-state index in [1.165, 1.54) is 25.7 Å². The molecule has 144 valence electrons. The molecule has 0 amide bonds. The molecule has 2 unspecified atom stereocenters. The van der Waals surface area contributed by atoms with Crippen LogP contribution in [0.2, 0.25) is 0 Å². The molecule has 0 aromatic rings. The van der Waals surface area contributed by atoms with Gasteiger partial charge in [0, 0.05) is 6.42 Å². The number of hydrogen-bond donors (Lipinski definition) is 2. The van der Waals surface area contributed by atoms with Gasteiger partial charge in [-0.05, 0) is 25.7 Å². The SMILES string of the molecule is CCCCCCCC(O)CCCCCCCC(=O)OCC(O)CC. The van der Waals surface area contributed by atoms with Crippen LogP contribution in [0.3, 0.4) is 0 Å². The van der Waals surface area contributed by atoms with Crippen molar-refractivity contribution in [3.63, 3.8) is 0 Å². The Morgan fingerprint density at radius 2 is 1.33 bits per heavy atom. The summed E-state index contributed by atoms with van der Waals surface area (Å²) in [5.74, 6) is -0.207. The molecule has 0 saturated heterocycles. The highest BCUT2D eigenvalue weighted by Crippen LogP contribution is 2.13. The van der Waals surface area contributed by atoms with Gasteiger partial charge in [0.05, 0.1) is 12.2 Å². The Hall–Kier alpha value is -0.610.